The lowest BCUT2D eigenvalue weighted by atomic mass is 10.3. The summed E-state index contributed by atoms with van der Waals surface area (Å²) in [7, 11) is 0. The Morgan fingerprint density at radius 2 is 2.25 bits per heavy atom. The van der Waals surface area contributed by atoms with E-state index in [1.807, 2.05) is 0 Å². The van der Waals surface area contributed by atoms with E-state index in [9.17, 15) is 0 Å². The van der Waals surface area contributed by atoms with Gasteiger partial charge in [-0.2, -0.15) is 0 Å². The zero-order valence-electron chi connectivity index (χ0n) is 5.28. The van der Waals surface area contributed by atoms with Crippen LogP contribution in [-0.4, -0.2) is 6.61 Å². The summed E-state index contributed by atoms with van der Waals surface area (Å²) in [4.78, 5) is 0. The zero-order valence-corrected chi connectivity index (χ0v) is 6.86. The fourth-order valence-electron chi connectivity index (χ4n) is 0.392. The van der Waals surface area contributed by atoms with Crippen LogP contribution in [0.15, 0.2) is 11.6 Å². The molecule has 8 heavy (non-hydrogen) atoms. The van der Waals surface area contributed by atoms with Crippen molar-refractivity contribution in [2.24, 2.45) is 0 Å². The molecule has 0 spiro atoms. The van der Waals surface area contributed by atoms with Gasteiger partial charge < -0.3 is 3.83 Å². The minimum atomic E-state index is 0.755. The molecule has 0 N–H and O–H groups in total. The monoisotopic (exact) mass is 178 g/mol. The van der Waals surface area contributed by atoms with Crippen LogP contribution in [0.4, 0.5) is 0 Å². The second-order valence-corrected chi connectivity index (χ2v) is 2.34. The van der Waals surface area contributed by atoms with E-state index in [1.54, 1.807) is 0 Å². The van der Waals surface area contributed by atoms with E-state index in [0.717, 1.165) is 13.0 Å². The maximum absolute atomic E-state index is 4.66. The van der Waals surface area contributed by atoms with Gasteiger partial charge in [0.2, 0.25) is 0 Å². The summed E-state index contributed by atoms with van der Waals surface area (Å²) in [5, 5.41) is 0. The van der Waals surface area contributed by atoms with Gasteiger partial charge >= 0.3 is 0 Å². The Kier molecular flexibility index (Phi) is 5.44. The van der Waals surface area contributed by atoms with E-state index in [2.05, 4.69) is 40.0 Å². The molecule has 48 valence electrons. The van der Waals surface area contributed by atoms with E-state index in [4.69, 9.17) is 0 Å². The SMILES string of the molecule is CC(C)=CCCOBr. The molecule has 1 nitrogen and oxygen atoms in total. The summed E-state index contributed by atoms with van der Waals surface area (Å²) in [6, 6.07) is 0. The van der Waals surface area contributed by atoms with Crippen molar-refractivity contribution in [2.45, 2.75) is 20.3 Å². The molecule has 0 aromatic rings. The van der Waals surface area contributed by atoms with Crippen LogP contribution in [0.2, 0.25) is 0 Å². The summed E-state index contributed by atoms with van der Waals surface area (Å²) < 4.78 is 4.66. The highest BCUT2D eigenvalue weighted by Gasteiger charge is 1.78. The summed E-state index contributed by atoms with van der Waals surface area (Å²) in [6.45, 7) is 4.91. The van der Waals surface area contributed by atoms with Crippen molar-refractivity contribution < 1.29 is 3.83 Å². The Balaban J connectivity index is 3.03. The first-order valence-corrected chi connectivity index (χ1v) is 3.29. The molecule has 0 bridgehead atoms. The van der Waals surface area contributed by atoms with Crippen molar-refractivity contribution >= 4 is 16.3 Å². The van der Waals surface area contributed by atoms with Crippen LogP contribution >= 0.6 is 16.3 Å². The summed E-state index contributed by atoms with van der Waals surface area (Å²) >= 11 is 2.87. The summed E-state index contributed by atoms with van der Waals surface area (Å²) in [5.74, 6) is 0. The first-order valence-electron chi connectivity index (χ1n) is 2.64. The second-order valence-electron chi connectivity index (χ2n) is 1.88. The third kappa shape index (κ3) is 6.18. The van der Waals surface area contributed by atoms with Gasteiger partial charge in [0.1, 0.15) is 0 Å². The van der Waals surface area contributed by atoms with Crippen molar-refractivity contribution in [3.8, 4) is 0 Å². The summed E-state index contributed by atoms with van der Waals surface area (Å²) in [6.07, 6.45) is 3.13. The van der Waals surface area contributed by atoms with E-state index < -0.39 is 0 Å². The Hall–Kier alpha value is 0.180. The molecule has 0 aliphatic carbocycles. The predicted octanol–water partition coefficient (Wildman–Crippen LogP) is 2.67. The van der Waals surface area contributed by atoms with Gasteiger partial charge in [0.05, 0.1) is 22.9 Å². The Bertz CT molecular complexity index is 74.6. The van der Waals surface area contributed by atoms with Gasteiger partial charge in [-0.15, -0.1) is 0 Å². The highest BCUT2D eigenvalue weighted by molar-refractivity contribution is 9.06. The molecule has 0 aromatic heterocycles. The molecule has 0 aromatic carbocycles. The number of allylic oxidation sites excluding steroid dienone is 1. The second kappa shape index (κ2) is 5.32. The topological polar surface area (TPSA) is 9.23 Å². The van der Waals surface area contributed by atoms with E-state index in [1.165, 1.54) is 5.57 Å². The van der Waals surface area contributed by atoms with Crippen LogP contribution in [0, 0.1) is 0 Å². The molecular formula is C6H11BrO. The Morgan fingerprint density at radius 1 is 1.62 bits per heavy atom. The Morgan fingerprint density at radius 3 is 2.62 bits per heavy atom. The van der Waals surface area contributed by atoms with Crippen LogP contribution in [0.1, 0.15) is 20.3 Å². The van der Waals surface area contributed by atoms with Gasteiger partial charge in [-0.1, -0.05) is 11.6 Å². The lowest BCUT2D eigenvalue weighted by Crippen LogP contribution is -1.78. The van der Waals surface area contributed by atoms with Crippen LogP contribution in [-0.2, 0) is 3.83 Å². The fraction of sp³-hybridized carbons (Fsp3) is 0.667. The third-order valence-corrected chi connectivity index (χ3v) is 1.07. The number of rotatable bonds is 3. The van der Waals surface area contributed by atoms with Gasteiger partial charge in [0.15, 0.2) is 0 Å². The average Bonchev–Trinajstić information content (AvgIpc) is 1.66. The largest absolute Gasteiger partial charge is 0.308 e. The third-order valence-electron chi connectivity index (χ3n) is 0.748. The molecule has 0 rings (SSSR count). The molecule has 0 aliphatic rings. The molecule has 2 heteroatoms. The molecule has 0 saturated heterocycles. The normalized spacial score (nSPS) is 8.88. The minimum Gasteiger partial charge on any atom is -0.308 e. The zero-order chi connectivity index (χ0) is 6.41. The first-order chi connectivity index (χ1) is 3.77. The number of halogens is 1. The summed E-state index contributed by atoms with van der Waals surface area (Å²) in [5.41, 5.74) is 1.34. The number of hydrogen-bond acceptors (Lipinski definition) is 1. The predicted molar refractivity (Wildman–Crippen MR) is 38.9 cm³/mol. The van der Waals surface area contributed by atoms with Gasteiger partial charge in [-0.05, 0) is 20.3 Å². The Labute approximate surface area is 59.2 Å². The van der Waals surface area contributed by atoms with Crippen LogP contribution in [0.5, 0.6) is 0 Å². The average molecular weight is 179 g/mol. The van der Waals surface area contributed by atoms with E-state index >= 15 is 0 Å². The molecule has 0 atom stereocenters. The number of hydrogen-bond donors (Lipinski definition) is 0. The van der Waals surface area contributed by atoms with Gasteiger partial charge in [0, 0.05) is 0 Å². The van der Waals surface area contributed by atoms with E-state index in [-0.39, 0.29) is 0 Å². The standard InChI is InChI=1S/C6H11BrO/c1-6(2)4-3-5-8-7/h4H,3,5H2,1-2H3. The molecule has 0 aliphatic heterocycles. The quantitative estimate of drug-likeness (QED) is 0.478. The van der Waals surface area contributed by atoms with Crippen molar-refractivity contribution in [1.82, 2.24) is 0 Å². The fourth-order valence-corrected chi connectivity index (χ4v) is 0.579. The van der Waals surface area contributed by atoms with Gasteiger partial charge in [-0.25, -0.2) is 0 Å². The van der Waals surface area contributed by atoms with Crippen molar-refractivity contribution in [3.05, 3.63) is 11.6 Å². The van der Waals surface area contributed by atoms with Crippen molar-refractivity contribution in [2.75, 3.05) is 6.61 Å². The maximum atomic E-state index is 4.66. The van der Waals surface area contributed by atoms with Gasteiger partial charge in [-0.3, -0.25) is 0 Å². The van der Waals surface area contributed by atoms with Gasteiger partial charge in [0.25, 0.3) is 0 Å². The van der Waals surface area contributed by atoms with Crippen LogP contribution in [0.25, 0.3) is 0 Å². The van der Waals surface area contributed by atoms with Crippen LogP contribution < -0.4 is 0 Å². The molecule has 0 amide bonds. The smallest absolute Gasteiger partial charge is 0.0987 e. The molecule has 0 heterocycles. The molecule has 0 saturated carbocycles. The molecule has 0 fully saturated rings. The highest BCUT2D eigenvalue weighted by atomic mass is 79.9. The molecular weight excluding hydrogens is 168 g/mol. The lowest BCUT2D eigenvalue weighted by molar-refractivity contribution is 0.405. The van der Waals surface area contributed by atoms with E-state index in [0.29, 0.717) is 0 Å². The van der Waals surface area contributed by atoms with Crippen molar-refractivity contribution in [1.29, 1.82) is 0 Å². The minimum absolute atomic E-state index is 0.755. The first kappa shape index (κ1) is 8.18. The molecule has 0 radical (unpaired) electrons. The maximum Gasteiger partial charge on any atom is 0.0987 e. The highest BCUT2D eigenvalue weighted by Crippen LogP contribution is 1.94. The van der Waals surface area contributed by atoms with Crippen molar-refractivity contribution in [3.63, 3.8) is 0 Å². The molecule has 0 unspecified atom stereocenters. The lowest BCUT2D eigenvalue weighted by Gasteiger charge is -1.89. The van der Waals surface area contributed by atoms with Crippen LogP contribution in [0.3, 0.4) is 0 Å².